The topological polar surface area (TPSA) is 270 Å². The average molecular weight is 944 g/mol. The number of nitrogens with zero attached hydrogens (tertiary/aromatic N) is 4. The van der Waals surface area contributed by atoms with Crippen LogP contribution in [0.1, 0.15) is 109 Å². The Hall–Kier alpha value is -6.47. The predicted molar refractivity (Wildman–Crippen MR) is 251 cm³/mol. The summed E-state index contributed by atoms with van der Waals surface area (Å²) in [6, 6.07) is 2.80. The summed E-state index contributed by atoms with van der Waals surface area (Å²) in [5.41, 5.74) is -0.368. The Bertz CT molecular complexity index is 2110. The van der Waals surface area contributed by atoms with Gasteiger partial charge in [0.15, 0.2) is 0 Å². The number of anilines is 1. The van der Waals surface area contributed by atoms with Crippen LogP contribution in [-0.4, -0.2) is 137 Å². The third kappa shape index (κ3) is 14.5. The average Bonchev–Trinajstić information content (AvgIpc) is 4.02. The highest BCUT2D eigenvalue weighted by Crippen LogP contribution is 2.30. The first-order valence-electron chi connectivity index (χ1n) is 23.8. The summed E-state index contributed by atoms with van der Waals surface area (Å²) in [5.74, 6) is -6.93. The van der Waals surface area contributed by atoms with Crippen LogP contribution in [0.3, 0.4) is 0 Å². The van der Waals surface area contributed by atoms with Gasteiger partial charge in [0.05, 0.1) is 30.7 Å². The molecule has 2 saturated carbocycles. The van der Waals surface area contributed by atoms with E-state index >= 15 is 0 Å². The second-order valence-corrected chi connectivity index (χ2v) is 19.4. The van der Waals surface area contributed by atoms with Gasteiger partial charge in [-0.3, -0.25) is 43.3 Å². The minimum absolute atomic E-state index is 0.0332. The number of benzene rings is 1. The Kier molecular flexibility index (Phi) is 18.9. The highest BCUT2D eigenvalue weighted by molar-refractivity contribution is 6.38. The van der Waals surface area contributed by atoms with Gasteiger partial charge in [-0.1, -0.05) is 84.4 Å². The fraction of sp³-hybridized carbons (Fsp3) is 0.604. The van der Waals surface area contributed by atoms with E-state index in [1.54, 1.807) is 72.1 Å². The molecule has 9 amide bonds. The van der Waals surface area contributed by atoms with Crippen molar-refractivity contribution in [2.45, 2.75) is 129 Å². The SMILES string of the molecule is CCC[C@H](NC(=O)[C@@H]1CN(C(=O)Nc2ccccc2)C[C@@H]1NC(=O)[C@@H](NC(=O)[C@@H](NC(=O)c1cnccn1)C1CCCCC1)C(C)(C)C)C(=O)C(=O)NCC(=O)N[C@H](C(=O)N(C)C)C1CCCC1. The summed E-state index contributed by atoms with van der Waals surface area (Å²) in [4.78, 5) is 134. The van der Waals surface area contributed by atoms with Crippen molar-refractivity contribution < 1.29 is 43.2 Å². The molecule has 0 bridgehead atoms. The van der Waals surface area contributed by atoms with Crippen molar-refractivity contribution in [1.29, 1.82) is 0 Å². The van der Waals surface area contributed by atoms with E-state index in [0.717, 1.165) is 44.9 Å². The van der Waals surface area contributed by atoms with E-state index in [9.17, 15) is 43.2 Å². The summed E-state index contributed by atoms with van der Waals surface area (Å²) in [5, 5.41) is 19.2. The van der Waals surface area contributed by atoms with Gasteiger partial charge >= 0.3 is 6.03 Å². The van der Waals surface area contributed by atoms with Gasteiger partial charge in [0.25, 0.3) is 11.8 Å². The third-order valence-corrected chi connectivity index (χ3v) is 12.9. The van der Waals surface area contributed by atoms with Gasteiger partial charge < -0.3 is 47.0 Å². The Morgan fingerprint density at radius 2 is 1.43 bits per heavy atom. The lowest BCUT2D eigenvalue weighted by atomic mass is 9.82. The van der Waals surface area contributed by atoms with Crippen LogP contribution in [0.2, 0.25) is 0 Å². The predicted octanol–water partition coefficient (Wildman–Crippen LogP) is 2.07. The van der Waals surface area contributed by atoms with Gasteiger partial charge in [-0.15, -0.1) is 0 Å². The smallest absolute Gasteiger partial charge is 0.321 e. The van der Waals surface area contributed by atoms with E-state index in [-0.39, 0.29) is 42.9 Å². The number of urea groups is 1. The van der Waals surface area contributed by atoms with E-state index in [1.807, 2.05) is 0 Å². The van der Waals surface area contributed by atoms with Crippen LogP contribution in [0.5, 0.6) is 0 Å². The Morgan fingerprint density at radius 1 is 0.779 bits per heavy atom. The number of nitrogens with one attached hydrogen (secondary N) is 7. The molecule has 1 aliphatic heterocycles. The Balaban J connectivity index is 1.31. The molecule has 1 aromatic heterocycles. The van der Waals surface area contributed by atoms with E-state index in [4.69, 9.17) is 0 Å². The molecule has 7 N–H and O–H groups in total. The van der Waals surface area contributed by atoms with Crippen LogP contribution in [0.25, 0.3) is 0 Å². The molecule has 1 aromatic carbocycles. The minimum atomic E-state index is -1.32. The normalized spacial score (nSPS) is 19.3. The molecule has 2 aromatic rings. The molecule has 370 valence electrons. The van der Waals surface area contributed by atoms with E-state index < -0.39 is 95.3 Å². The Labute approximate surface area is 398 Å². The Morgan fingerprint density at radius 3 is 2.03 bits per heavy atom. The largest absolute Gasteiger partial charge is 0.349 e. The van der Waals surface area contributed by atoms with Gasteiger partial charge in [0, 0.05) is 45.3 Å². The number of ketones is 1. The molecule has 2 heterocycles. The number of para-hydroxylation sites is 1. The molecule has 1 saturated heterocycles. The highest BCUT2D eigenvalue weighted by Gasteiger charge is 2.45. The summed E-state index contributed by atoms with van der Waals surface area (Å²) in [6.07, 6.45) is 12.1. The van der Waals surface area contributed by atoms with Crippen molar-refractivity contribution in [3.63, 3.8) is 0 Å². The monoisotopic (exact) mass is 944 g/mol. The number of hydrogen-bond acceptors (Lipinski definition) is 11. The molecule has 68 heavy (non-hydrogen) atoms. The zero-order valence-corrected chi connectivity index (χ0v) is 40.1. The molecule has 0 spiro atoms. The number of likely N-dealkylation sites (N-methyl/N-ethyl adjacent to an activating group) is 1. The number of rotatable bonds is 19. The second-order valence-electron chi connectivity index (χ2n) is 19.4. The van der Waals surface area contributed by atoms with Gasteiger partial charge in [-0.2, -0.15) is 0 Å². The molecule has 6 atom stereocenters. The molecule has 0 radical (unpaired) electrons. The molecule has 3 fully saturated rings. The first kappa shape index (κ1) is 52.5. The van der Waals surface area contributed by atoms with Crippen LogP contribution in [-0.2, 0) is 33.6 Å². The first-order chi connectivity index (χ1) is 32.4. The maximum absolute atomic E-state index is 14.5. The van der Waals surface area contributed by atoms with E-state index in [0.29, 0.717) is 24.9 Å². The number of hydrogen-bond donors (Lipinski definition) is 7. The number of carbonyl (C=O) groups is 9. The van der Waals surface area contributed by atoms with Crippen molar-refractivity contribution in [2.75, 3.05) is 39.0 Å². The molecule has 20 nitrogen and oxygen atoms in total. The van der Waals surface area contributed by atoms with Gasteiger partial charge in [-0.05, 0) is 61.5 Å². The lowest BCUT2D eigenvalue weighted by Gasteiger charge is -2.35. The first-order valence-corrected chi connectivity index (χ1v) is 23.8. The summed E-state index contributed by atoms with van der Waals surface area (Å²) in [7, 11) is 3.20. The lowest BCUT2D eigenvalue weighted by Crippen LogP contribution is -2.61. The number of carbonyl (C=O) groups excluding carboxylic acids is 9. The zero-order chi connectivity index (χ0) is 49.5. The number of likely N-dealkylation sites (tertiary alicyclic amines) is 1. The minimum Gasteiger partial charge on any atom is -0.349 e. The summed E-state index contributed by atoms with van der Waals surface area (Å²) in [6.45, 7) is 6.14. The third-order valence-electron chi connectivity index (χ3n) is 12.9. The van der Waals surface area contributed by atoms with Crippen molar-refractivity contribution in [3.8, 4) is 0 Å². The van der Waals surface area contributed by atoms with Gasteiger partial charge in [0.1, 0.15) is 23.8 Å². The maximum Gasteiger partial charge on any atom is 0.321 e. The van der Waals surface area contributed by atoms with Crippen molar-refractivity contribution in [3.05, 3.63) is 54.6 Å². The molecular formula is C48H69N11O9. The summed E-state index contributed by atoms with van der Waals surface area (Å²) < 4.78 is 0. The van der Waals surface area contributed by atoms with Crippen molar-refractivity contribution in [1.82, 2.24) is 51.7 Å². The number of amides is 9. The van der Waals surface area contributed by atoms with E-state index in [2.05, 4.69) is 47.2 Å². The fourth-order valence-electron chi connectivity index (χ4n) is 9.19. The molecule has 3 aliphatic rings. The van der Waals surface area contributed by atoms with Crippen LogP contribution in [0, 0.1) is 23.2 Å². The standard InChI is InChI=1S/C48H69N11O9/c1-7-16-33(39(61)44(65)51-26-36(60)55-38(46(67)58(5)6)30-19-14-15-20-30)53-41(62)32-27-59(47(68)52-31-21-12-9-13-22-31)28-35(32)54-45(66)40(48(2,3)4)57-43(64)37(29-17-10-8-11-18-29)56-42(63)34-25-49-23-24-50-34/h9,12-13,21-25,29-30,32-33,35,37-38,40H,7-8,10-11,14-20,26-28H2,1-6H3,(H,51,65)(H,52,68)(H,53,62)(H,54,66)(H,55,60)(H,56,63)(H,57,64)/t32-,33+,35+,37+,38+,40-/m1/s1. The van der Waals surface area contributed by atoms with Crippen LogP contribution in [0.15, 0.2) is 48.9 Å². The van der Waals surface area contributed by atoms with Gasteiger partial charge in [-0.25, -0.2) is 9.78 Å². The maximum atomic E-state index is 14.5. The number of Topliss-reactive ketones (excluding diaryl/α,β-unsaturated/α-hetero) is 1. The van der Waals surface area contributed by atoms with Crippen molar-refractivity contribution >= 4 is 58.9 Å². The molecule has 2 aliphatic carbocycles. The fourth-order valence-corrected chi connectivity index (χ4v) is 9.19. The molecule has 20 heteroatoms. The van der Waals surface area contributed by atoms with Crippen LogP contribution < -0.4 is 37.2 Å². The van der Waals surface area contributed by atoms with Crippen molar-refractivity contribution in [2.24, 2.45) is 23.2 Å². The summed E-state index contributed by atoms with van der Waals surface area (Å²) >= 11 is 0. The molecule has 0 unspecified atom stereocenters. The second kappa shape index (κ2) is 24.5. The van der Waals surface area contributed by atoms with E-state index in [1.165, 1.54) is 28.4 Å². The van der Waals surface area contributed by atoms with Crippen LogP contribution in [0.4, 0.5) is 10.5 Å². The lowest BCUT2D eigenvalue weighted by molar-refractivity contribution is -0.141. The molecular weight excluding hydrogens is 875 g/mol. The number of aromatic nitrogens is 2. The quantitative estimate of drug-likeness (QED) is 0.100. The molecule has 5 rings (SSSR count). The van der Waals surface area contributed by atoms with Gasteiger partial charge in [0.2, 0.25) is 35.3 Å². The highest BCUT2D eigenvalue weighted by atomic mass is 16.2. The zero-order valence-electron chi connectivity index (χ0n) is 40.1. The van der Waals surface area contributed by atoms with Crippen LogP contribution >= 0.6 is 0 Å².